The maximum atomic E-state index is 12.1. The third kappa shape index (κ3) is 3.68. The Kier molecular flexibility index (Phi) is 5.33. The van der Waals surface area contributed by atoms with Gasteiger partial charge in [-0.25, -0.2) is 4.68 Å². The van der Waals surface area contributed by atoms with Gasteiger partial charge in [0.2, 0.25) is 0 Å². The van der Waals surface area contributed by atoms with Gasteiger partial charge >= 0.3 is 0 Å². The van der Waals surface area contributed by atoms with Crippen molar-refractivity contribution < 1.29 is 4.74 Å². The minimum atomic E-state index is -0.158. The molecule has 2 heterocycles. The van der Waals surface area contributed by atoms with Gasteiger partial charge in [-0.05, 0) is 35.0 Å². The lowest BCUT2D eigenvalue weighted by Gasteiger charge is -2.09. The average molecular weight is 358 g/mol. The highest BCUT2D eigenvalue weighted by atomic mass is 79.9. The van der Waals surface area contributed by atoms with Gasteiger partial charge in [-0.15, -0.1) is 11.3 Å². The molecule has 0 aliphatic carbocycles. The summed E-state index contributed by atoms with van der Waals surface area (Å²) in [4.78, 5) is 14.6. The van der Waals surface area contributed by atoms with Crippen LogP contribution in [0.25, 0.3) is 0 Å². The van der Waals surface area contributed by atoms with Crippen molar-refractivity contribution in [3.05, 3.63) is 42.9 Å². The highest BCUT2D eigenvalue weighted by Gasteiger charge is 2.08. The number of aryl methyl sites for hydroxylation is 1. The van der Waals surface area contributed by atoms with E-state index in [-0.39, 0.29) is 5.56 Å². The summed E-state index contributed by atoms with van der Waals surface area (Å²) in [5, 5.41) is 7.35. The Hall–Kier alpha value is -1.18. The van der Waals surface area contributed by atoms with E-state index in [2.05, 4.69) is 45.4 Å². The summed E-state index contributed by atoms with van der Waals surface area (Å²) in [6.07, 6.45) is 1.65. The molecule has 108 valence electrons. The normalized spacial score (nSPS) is 10.8. The van der Waals surface area contributed by atoms with Crippen molar-refractivity contribution in [2.75, 3.05) is 19.0 Å². The number of anilines is 1. The van der Waals surface area contributed by atoms with Crippen LogP contribution in [-0.4, -0.2) is 23.5 Å². The van der Waals surface area contributed by atoms with E-state index in [4.69, 9.17) is 4.74 Å². The zero-order valence-electron chi connectivity index (χ0n) is 11.4. The molecule has 0 aromatic carbocycles. The van der Waals surface area contributed by atoms with Crippen LogP contribution in [0.3, 0.4) is 0 Å². The van der Waals surface area contributed by atoms with Gasteiger partial charge in [-0.1, -0.05) is 0 Å². The molecule has 0 unspecified atom stereocenters. The first-order valence-electron chi connectivity index (χ1n) is 6.15. The SMILES string of the molecule is COCCn1ncc(NCc2ccc(C)s2)c(Br)c1=O. The number of methoxy groups -OCH3 is 1. The third-order valence-corrected chi connectivity index (χ3v) is 4.51. The maximum Gasteiger partial charge on any atom is 0.283 e. The molecular formula is C13H16BrN3O2S. The zero-order chi connectivity index (χ0) is 14.5. The molecule has 2 rings (SSSR count). The van der Waals surface area contributed by atoms with Crippen molar-refractivity contribution in [3.63, 3.8) is 0 Å². The number of hydrogen-bond acceptors (Lipinski definition) is 5. The second-order valence-corrected chi connectivity index (χ2v) is 6.42. The molecule has 20 heavy (non-hydrogen) atoms. The van der Waals surface area contributed by atoms with E-state index in [1.807, 2.05) is 0 Å². The Labute approximate surface area is 129 Å². The standard InChI is InChI=1S/C13H16BrN3O2S/c1-9-3-4-10(20-9)7-15-11-8-16-17(5-6-19-2)13(18)12(11)14/h3-4,8,15H,5-7H2,1-2H3. The van der Waals surface area contributed by atoms with Gasteiger partial charge in [0.15, 0.2) is 0 Å². The quantitative estimate of drug-likeness (QED) is 0.863. The Bertz CT molecular complexity index is 639. The number of nitrogens with one attached hydrogen (secondary N) is 1. The van der Waals surface area contributed by atoms with E-state index in [0.29, 0.717) is 29.9 Å². The molecule has 1 N–H and O–H groups in total. The molecule has 0 spiro atoms. The van der Waals surface area contributed by atoms with Crippen molar-refractivity contribution >= 4 is 33.0 Å². The number of nitrogens with zero attached hydrogens (tertiary/aromatic N) is 2. The highest BCUT2D eigenvalue weighted by Crippen LogP contribution is 2.20. The lowest BCUT2D eigenvalue weighted by atomic mass is 10.4. The maximum absolute atomic E-state index is 12.1. The Morgan fingerprint density at radius 3 is 2.95 bits per heavy atom. The van der Waals surface area contributed by atoms with Crippen LogP contribution in [0.5, 0.6) is 0 Å². The monoisotopic (exact) mass is 357 g/mol. The smallest absolute Gasteiger partial charge is 0.283 e. The van der Waals surface area contributed by atoms with Crippen molar-refractivity contribution in [2.45, 2.75) is 20.0 Å². The molecule has 5 nitrogen and oxygen atoms in total. The van der Waals surface area contributed by atoms with E-state index in [1.54, 1.807) is 24.6 Å². The third-order valence-electron chi connectivity index (χ3n) is 2.74. The van der Waals surface area contributed by atoms with Crippen LogP contribution >= 0.6 is 27.3 Å². The van der Waals surface area contributed by atoms with Crippen LogP contribution in [0.4, 0.5) is 5.69 Å². The van der Waals surface area contributed by atoms with Gasteiger partial charge in [0.25, 0.3) is 5.56 Å². The molecule has 0 aliphatic rings. The number of halogens is 1. The first-order chi connectivity index (χ1) is 9.61. The molecule has 0 fully saturated rings. The minimum absolute atomic E-state index is 0.158. The van der Waals surface area contributed by atoms with Crippen LogP contribution in [0.1, 0.15) is 9.75 Å². The predicted octanol–water partition coefficient (Wildman–Crippen LogP) is 2.63. The molecule has 0 aliphatic heterocycles. The molecule has 0 saturated carbocycles. The lowest BCUT2D eigenvalue weighted by molar-refractivity contribution is 0.181. The number of aromatic nitrogens is 2. The van der Waals surface area contributed by atoms with E-state index in [1.165, 1.54) is 14.4 Å². The van der Waals surface area contributed by atoms with E-state index >= 15 is 0 Å². The summed E-state index contributed by atoms with van der Waals surface area (Å²) in [6.45, 7) is 3.65. The summed E-state index contributed by atoms with van der Waals surface area (Å²) >= 11 is 5.06. The first-order valence-corrected chi connectivity index (χ1v) is 7.76. The fourth-order valence-electron chi connectivity index (χ4n) is 1.69. The van der Waals surface area contributed by atoms with Crippen LogP contribution in [0.15, 0.2) is 27.6 Å². The molecule has 7 heteroatoms. The van der Waals surface area contributed by atoms with Crippen molar-refractivity contribution in [1.82, 2.24) is 9.78 Å². The van der Waals surface area contributed by atoms with Gasteiger partial charge in [0.1, 0.15) is 4.47 Å². The minimum Gasteiger partial charge on any atom is -0.383 e. The number of hydrogen-bond donors (Lipinski definition) is 1. The average Bonchev–Trinajstić information content (AvgIpc) is 2.85. The largest absolute Gasteiger partial charge is 0.383 e. The summed E-state index contributed by atoms with van der Waals surface area (Å²) in [6, 6.07) is 4.16. The van der Waals surface area contributed by atoms with Gasteiger partial charge in [0.05, 0.1) is 25.0 Å². The van der Waals surface area contributed by atoms with Crippen LogP contribution in [0, 0.1) is 6.92 Å². The van der Waals surface area contributed by atoms with Crippen LogP contribution in [-0.2, 0) is 17.8 Å². The summed E-state index contributed by atoms with van der Waals surface area (Å²) in [7, 11) is 1.60. The Morgan fingerprint density at radius 1 is 1.50 bits per heavy atom. The van der Waals surface area contributed by atoms with E-state index < -0.39 is 0 Å². The van der Waals surface area contributed by atoms with Gasteiger partial charge in [0, 0.05) is 23.4 Å². The Morgan fingerprint density at radius 2 is 2.30 bits per heavy atom. The number of rotatable bonds is 6. The van der Waals surface area contributed by atoms with E-state index in [9.17, 15) is 4.79 Å². The van der Waals surface area contributed by atoms with Gasteiger partial charge in [-0.3, -0.25) is 4.79 Å². The zero-order valence-corrected chi connectivity index (χ0v) is 13.8. The van der Waals surface area contributed by atoms with Crippen LogP contribution < -0.4 is 10.9 Å². The molecule has 2 aromatic rings. The highest BCUT2D eigenvalue weighted by molar-refractivity contribution is 9.10. The molecule has 0 radical (unpaired) electrons. The molecule has 0 amide bonds. The molecule has 2 aromatic heterocycles. The van der Waals surface area contributed by atoms with Crippen molar-refractivity contribution in [1.29, 1.82) is 0 Å². The molecular weight excluding hydrogens is 342 g/mol. The predicted molar refractivity (Wildman–Crippen MR) is 84.5 cm³/mol. The summed E-state index contributed by atoms with van der Waals surface area (Å²) in [5.41, 5.74) is 0.545. The van der Waals surface area contributed by atoms with Crippen molar-refractivity contribution in [3.8, 4) is 0 Å². The first kappa shape index (κ1) is 15.2. The molecule has 0 saturated heterocycles. The fraction of sp³-hybridized carbons (Fsp3) is 0.385. The van der Waals surface area contributed by atoms with Crippen LogP contribution in [0.2, 0.25) is 0 Å². The second kappa shape index (κ2) is 7.01. The number of ether oxygens (including phenoxy) is 1. The van der Waals surface area contributed by atoms with Crippen molar-refractivity contribution in [2.24, 2.45) is 0 Å². The van der Waals surface area contributed by atoms with Gasteiger partial charge in [-0.2, -0.15) is 5.10 Å². The summed E-state index contributed by atoms with van der Waals surface area (Å²) < 4.78 is 6.83. The number of thiophene rings is 1. The van der Waals surface area contributed by atoms with E-state index in [0.717, 1.165) is 0 Å². The fourth-order valence-corrected chi connectivity index (χ4v) is 2.97. The Balaban J connectivity index is 2.09. The molecule has 0 atom stereocenters. The van der Waals surface area contributed by atoms with Gasteiger partial charge < -0.3 is 10.1 Å². The summed E-state index contributed by atoms with van der Waals surface area (Å²) in [5.74, 6) is 0. The second-order valence-electron chi connectivity index (χ2n) is 4.26. The topological polar surface area (TPSA) is 56.1 Å². The lowest BCUT2D eigenvalue weighted by Crippen LogP contribution is -2.26. The molecule has 0 bridgehead atoms.